The fourth-order valence-corrected chi connectivity index (χ4v) is 4.09. The molecule has 0 spiro atoms. The summed E-state index contributed by atoms with van der Waals surface area (Å²) in [4.78, 5) is 24.6. The molecule has 8 nitrogen and oxygen atoms in total. The highest BCUT2D eigenvalue weighted by molar-refractivity contribution is 5.78. The predicted octanol–water partition coefficient (Wildman–Crippen LogP) is 4.41. The molecular formula is C28H27FN4O4. The number of benzene rings is 2. The lowest BCUT2D eigenvalue weighted by molar-refractivity contribution is -0.218. The summed E-state index contributed by atoms with van der Waals surface area (Å²) in [5.41, 5.74) is 3.29. The number of halogens is 1. The summed E-state index contributed by atoms with van der Waals surface area (Å²) in [6.45, 7) is 2.59. The number of pyridine rings is 1. The third-order valence-electron chi connectivity index (χ3n) is 5.92. The summed E-state index contributed by atoms with van der Waals surface area (Å²) >= 11 is 0. The molecule has 1 saturated heterocycles. The van der Waals surface area contributed by atoms with Crippen LogP contribution >= 0.6 is 0 Å². The largest absolute Gasteiger partial charge is 0.367 e. The van der Waals surface area contributed by atoms with Crippen LogP contribution in [0.4, 0.5) is 4.39 Å². The molecule has 2 aromatic carbocycles. The van der Waals surface area contributed by atoms with Gasteiger partial charge in [0.25, 0.3) is 0 Å². The molecule has 1 fully saturated rings. The van der Waals surface area contributed by atoms with Crippen molar-refractivity contribution in [3.05, 3.63) is 96.3 Å². The Hall–Kier alpha value is -3.92. The third kappa shape index (κ3) is 6.08. The number of H-pyrrole nitrogens is 1. The smallest absolute Gasteiger partial charge is 0.246 e. The van der Waals surface area contributed by atoms with E-state index in [9.17, 15) is 9.18 Å². The second kappa shape index (κ2) is 11.0. The van der Waals surface area contributed by atoms with E-state index < -0.39 is 11.8 Å². The lowest BCUT2D eigenvalue weighted by Crippen LogP contribution is -2.56. The zero-order chi connectivity index (χ0) is 25.7. The fraction of sp³-hybridized carbons (Fsp3) is 0.250. The molecule has 190 valence electrons. The Labute approximate surface area is 213 Å². The number of aromatic nitrogens is 3. The average molecular weight is 503 g/mol. The minimum atomic E-state index is -0.755. The number of carbonyl (C=O) groups is 1. The molecular weight excluding hydrogens is 475 g/mol. The Morgan fingerprint density at radius 1 is 1.05 bits per heavy atom. The predicted molar refractivity (Wildman–Crippen MR) is 135 cm³/mol. The van der Waals surface area contributed by atoms with Crippen LogP contribution in [0.3, 0.4) is 0 Å². The number of imidazole rings is 1. The molecule has 0 bridgehead atoms. The van der Waals surface area contributed by atoms with Gasteiger partial charge in [-0.1, -0.05) is 30.3 Å². The maximum atomic E-state index is 13.5. The molecule has 9 heteroatoms. The summed E-state index contributed by atoms with van der Waals surface area (Å²) in [6.07, 6.45) is 2.62. The van der Waals surface area contributed by atoms with Gasteiger partial charge in [-0.2, -0.15) is 0 Å². The average Bonchev–Trinajstić information content (AvgIpc) is 3.36. The van der Waals surface area contributed by atoms with Crippen molar-refractivity contribution < 1.29 is 23.4 Å². The second-order valence-corrected chi connectivity index (χ2v) is 9.13. The van der Waals surface area contributed by atoms with Crippen LogP contribution < -0.4 is 5.32 Å². The molecule has 0 radical (unpaired) electrons. The van der Waals surface area contributed by atoms with Crippen LogP contribution in [0, 0.1) is 5.82 Å². The zero-order valence-corrected chi connectivity index (χ0v) is 20.3. The maximum absolute atomic E-state index is 13.5. The lowest BCUT2D eigenvalue weighted by Gasteiger charge is -2.37. The Kier molecular flexibility index (Phi) is 7.36. The van der Waals surface area contributed by atoms with Crippen molar-refractivity contribution in [2.75, 3.05) is 19.8 Å². The van der Waals surface area contributed by atoms with Gasteiger partial charge in [0.1, 0.15) is 12.4 Å². The first-order chi connectivity index (χ1) is 18.0. The molecule has 5 rings (SSSR count). The van der Waals surface area contributed by atoms with Gasteiger partial charge in [-0.05, 0) is 48.9 Å². The lowest BCUT2D eigenvalue weighted by atomic mass is 10.0. The fourth-order valence-electron chi connectivity index (χ4n) is 4.09. The van der Waals surface area contributed by atoms with Gasteiger partial charge in [0.05, 0.1) is 36.7 Å². The quantitative estimate of drug-likeness (QED) is 0.370. The zero-order valence-electron chi connectivity index (χ0n) is 20.3. The van der Waals surface area contributed by atoms with Crippen molar-refractivity contribution in [2.45, 2.75) is 25.4 Å². The van der Waals surface area contributed by atoms with E-state index in [0.29, 0.717) is 18.1 Å². The number of nitrogens with zero attached hydrogens (tertiary/aromatic N) is 2. The van der Waals surface area contributed by atoms with Gasteiger partial charge in [-0.25, -0.2) is 9.37 Å². The molecule has 2 aromatic heterocycles. The minimum absolute atomic E-state index is 0.0670. The van der Waals surface area contributed by atoms with E-state index in [4.69, 9.17) is 19.2 Å². The molecule has 1 amide bonds. The van der Waals surface area contributed by atoms with Crippen molar-refractivity contribution >= 4 is 5.91 Å². The summed E-state index contributed by atoms with van der Waals surface area (Å²) in [7, 11) is 0. The van der Waals surface area contributed by atoms with Gasteiger partial charge in [0, 0.05) is 23.5 Å². The monoisotopic (exact) mass is 502 g/mol. The van der Waals surface area contributed by atoms with E-state index in [-0.39, 0.29) is 31.5 Å². The summed E-state index contributed by atoms with van der Waals surface area (Å²) in [6, 6.07) is 19.5. The van der Waals surface area contributed by atoms with Crippen molar-refractivity contribution in [3.8, 4) is 22.5 Å². The van der Waals surface area contributed by atoms with Crippen LogP contribution in [0.25, 0.3) is 22.5 Å². The molecule has 0 unspecified atom stereocenters. The molecule has 3 heterocycles. The Balaban J connectivity index is 1.24. The van der Waals surface area contributed by atoms with Crippen molar-refractivity contribution in [2.24, 2.45) is 0 Å². The van der Waals surface area contributed by atoms with Gasteiger partial charge in [0.15, 0.2) is 5.82 Å². The Morgan fingerprint density at radius 2 is 1.76 bits per heavy atom. The molecule has 1 aliphatic rings. The van der Waals surface area contributed by atoms with E-state index in [1.54, 1.807) is 24.5 Å². The van der Waals surface area contributed by atoms with E-state index in [1.165, 1.54) is 12.1 Å². The molecule has 37 heavy (non-hydrogen) atoms. The second-order valence-electron chi connectivity index (χ2n) is 9.13. The minimum Gasteiger partial charge on any atom is -0.367 e. The van der Waals surface area contributed by atoms with E-state index in [2.05, 4.69) is 15.3 Å². The third-order valence-corrected chi connectivity index (χ3v) is 5.92. The number of nitrogens with one attached hydrogen (secondary N) is 2. The number of rotatable bonds is 8. The van der Waals surface area contributed by atoms with Gasteiger partial charge in [0.2, 0.25) is 12.2 Å². The number of ether oxygens (including phenoxy) is 3. The van der Waals surface area contributed by atoms with Crippen LogP contribution in [0.1, 0.15) is 24.6 Å². The standard InChI is InChI=1S/C28H27FN4O4/c1-28(33-23(34)16-35-15-19-5-3-2-4-6-19)17-36-27(37-18-28)26-31-24(20-7-9-22(29)10-8-20)25(32-26)21-11-13-30-14-12-21/h2-14,27H,15-18H2,1H3,(H,31,32)(H,33,34). The van der Waals surface area contributed by atoms with Gasteiger partial charge >= 0.3 is 0 Å². The normalized spacial score (nSPS) is 19.5. The molecule has 2 N–H and O–H groups in total. The molecule has 0 saturated carbocycles. The molecule has 0 aliphatic carbocycles. The highest BCUT2D eigenvalue weighted by Gasteiger charge is 2.36. The number of amides is 1. The Bertz CT molecular complexity index is 1320. The molecule has 0 atom stereocenters. The summed E-state index contributed by atoms with van der Waals surface area (Å²) < 4.78 is 31.0. The van der Waals surface area contributed by atoms with E-state index in [1.807, 2.05) is 49.4 Å². The number of hydrogen-bond acceptors (Lipinski definition) is 6. The number of hydrogen-bond donors (Lipinski definition) is 2. The van der Waals surface area contributed by atoms with E-state index >= 15 is 0 Å². The van der Waals surface area contributed by atoms with Crippen molar-refractivity contribution in [1.29, 1.82) is 0 Å². The maximum Gasteiger partial charge on any atom is 0.246 e. The van der Waals surface area contributed by atoms with E-state index in [0.717, 1.165) is 22.4 Å². The highest BCUT2D eigenvalue weighted by atomic mass is 19.1. The van der Waals surface area contributed by atoms with Crippen LogP contribution in [-0.4, -0.2) is 46.2 Å². The van der Waals surface area contributed by atoms with Crippen LogP contribution in [0.2, 0.25) is 0 Å². The molecule has 4 aromatic rings. The summed E-state index contributed by atoms with van der Waals surface area (Å²) in [5, 5.41) is 2.94. The van der Waals surface area contributed by atoms with Crippen LogP contribution in [-0.2, 0) is 25.6 Å². The Morgan fingerprint density at radius 3 is 2.46 bits per heavy atom. The van der Waals surface area contributed by atoms with Gasteiger partial charge in [-0.3, -0.25) is 9.78 Å². The highest BCUT2D eigenvalue weighted by Crippen LogP contribution is 2.34. The topological polar surface area (TPSA) is 98.4 Å². The first kappa shape index (κ1) is 24.8. The van der Waals surface area contributed by atoms with Gasteiger partial charge in [-0.15, -0.1) is 0 Å². The number of aromatic amines is 1. The van der Waals surface area contributed by atoms with Crippen LogP contribution in [0.15, 0.2) is 79.1 Å². The summed E-state index contributed by atoms with van der Waals surface area (Å²) in [5.74, 6) is -0.0953. The first-order valence-corrected chi connectivity index (χ1v) is 11.9. The molecule has 1 aliphatic heterocycles. The van der Waals surface area contributed by atoms with Gasteiger partial charge < -0.3 is 24.5 Å². The number of carbonyl (C=O) groups excluding carboxylic acids is 1. The SMILES string of the molecule is CC1(NC(=O)COCc2ccccc2)COC(c2nc(-c3ccc(F)cc3)c(-c3ccncc3)[nH]2)OC1. The first-order valence-electron chi connectivity index (χ1n) is 11.9. The van der Waals surface area contributed by atoms with Crippen LogP contribution in [0.5, 0.6) is 0 Å². The van der Waals surface area contributed by atoms with Crippen molar-refractivity contribution in [1.82, 2.24) is 20.3 Å². The van der Waals surface area contributed by atoms with Crippen molar-refractivity contribution in [3.63, 3.8) is 0 Å².